The first-order chi connectivity index (χ1) is 12.3. The van der Waals surface area contributed by atoms with Crippen molar-refractivity contribution in [3.63, 3.8) is 0 Å². The molecule has 3 aromatic rings. The number of H-pyrrole nitrogens is 1. The average Bonchev–Trinajstić information content (AvgIpc) is 3.09. The second-order valence-electron chi connectivity index (χ2n) is 5.26. The topological polar surface area (TPSA) is 85.8 Å². The van der Waals surface area contributed by atoms with E-state index in [2.05, 4.69) is 9.71 Å². The number of hydrogen-bond acceptors (Lipinski definition) is 3. The van der Waals surface area contributed by atoms with Crippen LogP contribution in [0.15, 0.2) is 53.6 Å². The minimum atomic E-state index is -4.16. The molecule has 2 aromatic carbocycles. The van der Waals surface area contributed by atoms with E-state index in [1.54, 1.807) is 12.1 Å². The van der Waals surface area contributed by atoms with E-state index in [9.17, 15) is 17.2 Å². The number of rotatable bonds is 4. The zero-order valence-electron chi connectivity index (χ0n) is 12.9. The van der Waals surface area contributed by atoms with Gasteiger partial charge in [-0.15, -0.1) is 0 Å². The fraction of sp³-hybridized carbons (Fsp3) is 0. The number of halogens is 3. The molecule has 0 aliphatic heterocycles. The first-order valence-corrected chi connectivity index (χ1v) is 9.03. The standard InChI is InChI=1S/C17H10ClF2N3O2S/c18-13-7-17(15(20)5-10(13)8-21)23-26(24,25)11-6-16(22-9-11)12-3-1-2-4-14(12)19/h1-7,9,22-23H. The molecule has 0 atom stereocenters. The number of anilines is 1. The van der Waals surface area contributed by atoms with Crippen molar-refractivity contribution in [2.75, 3.05) is 4.72 Å². The largest absolute Gasteiger partial charge is 0.360 e. The van der Waals surface area contributed by atoms with Crippen molar-refractivity contribution >= 4 is 27.3 Å². The number of hydrogen-bond donors (Lipinski definition) is 2. The summed E-state index contributed by atoms with van der Waals surface area (Å²) in [5, 5.41) is 8.71. The summed E-state index contributed by atoms with van der Waals surface area (Å²) in [5.41, 5.74) is -0.0680. The maximum atomic E-state index is 14.0. The van der Waals surface area contributed by atoms with E-state index in [0.29, 0.717) is 0 Å². The number of benzene rings is 2. The van der Waals surface area contributed by atoms with Gasteiger partial charge in [0.1, 0.15) is 22.6 Å². The monoisotopic (exact) mass is 393 g/mol. The number of nitrogens with one attached hydrogen (secondary N) is 2. The Morgan fingerprint density at radius 3 is 2.54 bits per heavy atom. The lowest BCUT2D eigenvalue weighted by Crippen LogP contribution is -2.13. The van der Waals surface area contributed by atoms with Crippen molar-refractivity contribution < 1.29 is 17.2 Å². The summed E-state index contributed by atoms with van der Waals surface area (Å²) in [7, 11) is -4.16. The van der Waals surface area contributed by atoms with Gasteiger partial charge in [-0.25, -0.2) is 17.2 Å². The van der Waals surface area contributed by atoms with E-state index in [4.69, 9.17) is 16.9 Å². The van der Waals surface area contributed by atoms with E-state index < -0.39 is 27.3 Å². The molecule has 0 spiro atoms. The van der Waals surface area contributed by atoms with Gasteiger partial charge >= 0.3 is 0 Å². The van der Waals surface area contributed by atoms with Crippen molar-refractivity contribution in [3.05, 3.63) is 70.9 Å². The van der Waals surface area contributed by atoms with Crippen LogP contribution in [0.1, 0.15) is 5.56 Å². The minimum absolute atomic E-state index is 0.0901. The number of aromatic nitrogens is 1. The third-order valence-corrected chi connectivity index (χ3v) is 5.21. The summed E-state index contributed by atoms with van der Waals surface area (Å²) in [4.78, 5) is 2.46. The van der Waals surface area contributed by atoms with Gasteiger partial charge in [0.2, 0.25) is 0 Å². The number of nitriles is 1. The van der Waals surface area contributed by atoms with E-state index in [-0.39, 0.29) is 26.7 Å². The van der Waals surface area contributed by atoms with Gasteiger partial charge in [-0.05, 0) is 30.3 Å². The number of nitrogens with zero attached hydrogens (tertiary/aromatic N) is 1. The maximum Gasteiger partial charge on any atom is 0.263 e. The van der Waals surface area contributed by atoms with Gasteiger partial charge in [-0.3, -0.25) is 4.72 Å². The summed E-state index contributed by atoms with van der Waals surface area (Å²) in [5.74, 6) is -1.46. The fourth-order valence-electron chi connectivity index (χ4n) is 2.28. The molecule has 26 heavy (non-hydrogen) atoms. The molecule has 0 aliphatic carbocycles. The highest BCUT2D eigenvalue weighted by Crippen LogP contribution is 2.28. The molecule has 0 amide bonds. The van der Waals surface area contributed by atoms with Gasteiger partial charge in [0.25, 0.3) is 10.0 Å². The summed E-state index contributed by atoms with van der Waals surface area (Å²) < 4.78 is 54.8. The zero-order chi connectivity index (χ0) is 18.9. The van der Waals surface area contributed by atoms with Crippen LogP contribution in [0.25, 0.3) is 11.3 Å². The van der Waals surface area contributed by atoms with Crippen LogP contribution >= 0.6 is 11.6 Å². The Bertz CT molecular complexity index is 1140. The van der Waals surface area contributed by atoms with Gasteiger partial charge in [0.15, 0.2) is 0 Å². The first kappa shape index (κ1) is 17.9. The van der Waals surface area contributed by atoms with Crippen LogP contribution in [0.3, 0.4) is 0 Å². The van der Waals surface area contributed by atoms with Gasteiger partial charge in [-0.1, -0.05) is 23.7 Å². The molecule has 0 radical (unpaired) electrons. The number of aromatic amines is 1. The van der Waals surface area contributed by atoms with E-state index in [1.807, 2.05) is 0 Å². The molecule has 0 saturated heterocycles. The Morgan fingerprint density at radius 2 is 1.85 bits per heavy atom. The van der Waals surface area contributed by atoms with E-state index in [0.717, 1.165) is 18.3 Å². The van der Waals surface area contributed by atoms with Gasteiger partial charge < -0.3 is 4.98 Å². The summed E-state index contributed by atoms with van der Waals surface area (Å²) >= 11 is 5.81. The zero-order valence-corrected chi connectivity index (χ0v) is 14.5. The maximum absolute atomic E-state index is 14.0. The second-order valence-corrected chi connectivity index (χ2v) is 7.35. The Hall–Kier alpha value is -2.89. The lowest BCUT2D eigenvalue weighted by atomic mass is 10.1. The van der Waals surface area contributed by atoms with Crippen LogP contribution < -0.4 is 4.72 Å². The Kier molecular flexibility index (Phi) is 4.68. The lowest BCUT2D eigenvalue weighted by molar-refractivity contribution is 0.598. The van der Waals surface area contributed by atoms with Crippen molar-refractivity contribution in [2.24, 2.45) is 0 Å². The quantitative estimate of drug-likeness (QED) is 0.693. The van der Waals surface area contributed by atoms with Gasteiger partial charge in [0, 0.05) is 17.5 Å². The SMILES string of the molecule is N#Cc1cc(F)c(NS(=O)(=O)c2c[nH]c(-c3ccccc3F)c2)cc1Cl. The normalized spacial score (nSPS) is 11.2. The number of sulfonamides is 1. The molecular formula is C17H10ClF2N3O2S. The van der Waals surface area contributed by atoms with Crippen LogP contribution in [0, 0.1) is 23.0 Å². The third kappa shape index (κ3) is 3.40. The van der Waals surface area contributed by atoms with Crippen LogP contribution in [0.4, 0.5) is 14.5 Å². The molecule has 1 heterocycles. The van der Waals surface area contributed by atoms with Gasteiger partial charge in [-0.2, -0.15) is 5.26 Å². The van der Waals surface area contributed by atoms with Crippen LogP contribution in [-0.2, 0) is 10.0 Å². The average molecular weight is 394 g/mol. The second kappa shape index (κ2) is 6.78. The predicted octanol–water partition coefficient (Wildman–Crippen LogP) is 4.29. The van der Waals surface area contributed by atoms with E-state index in [1.165, 1.54) is 24.3 Å². The molecular weight excluding hydrogens is 384 g/mol. The van der Waals surface area contributed by atoms with Crippen molar-refractivity contribution in [2.45, 2.75) is 4.90 Å². The highest BCUT2D eigenvalue weighted by atomic mass is 35.5. The fourth-order valence-corrected chi connectivity index (χ4v) is 3.54. The first-order valence-electron chi connectivity index (χ1n) is 7.17. The molecule has 132 valence electrons. The van der Waals surface area contributed by atoms with Crippen molar-refractivity contribution in [1.82, 2.24) is 4.98 Å². The third-order valence-electron chi connectivity index (χ3n) is 3.55. The summed E-state index contributed by atoms with van der Waals surface area (Å²) in [6.07, 6.45) is 1.16. The highest BCUT2D eigenvalue weighted by molar-refractivity contribution is 7.92. The molecule has 9 heteroatoms. The Balaban J connectivity index is 1.94. The predicted molar refractivity (Wildman–Crippen MR) is 93.1 cm³/mol. The summed E-state index contributed by atoms with van der Waals surface area (Å²) in [6.45, 7) is 0. The van der Waals surface area contributed by atoms with Gasteiger partial charge in [0.05, 0.1) is 16.3 Å². The molecule has 0 aliphatic rings. The van der Waals surface area contributed by atoms with Crippen molar-refractivity contribution in [1.29, 1.82) is 5.26 Å². The lowest BCUT2D eigenvalue weighted by Gasteiger charge is -2.08. The molecule has 1 aromatic heterocycles. The molecule has 0 bridgehead atoms. The van der Waals surface area contributed by atoms with Crippen molar-refractivity contribution in [3.8, 4) is 17.3 Å². The summed E-state index contributed by atoms with van der Waals surface area (Å²) in [6, 6.07) is 10.6. The van der Waals surface area contributed by atoms with E-state index >= 15 is 0 Å². The highest BCUT2D eigenvalue weighted by Gasteiger charge is 2.20. The minimum Gasteiger partial charge on any atom is -0.360 e. The molecule has 0 saturated carbocycles. The van der Waals surface area contributed by atoms with Crippen LogP contribution in [0.2, 0.25) is 5.02 Å². The molecule has 0 fully saturated rings. The van der Waals surface area contributed by atoms with Crippen LogP contribution in [-0.4, -0.2) is 13.4 Å². The molecule has 5 nitrogen and oxygen atoms in total. The Morgan fingerprint density at radius 1 is 1.12 bits per heavy atom. The molecule has 2 N–H and O–H groups in total. The Labute approximate surface area is 152 Å². The van der Waals surface area contributed by atoms with Crippen LogP contribution in [0.5, 0.6) is 0 Å². The molecule has 3 rings (SSSR count). The molecule has 0 unspecified atom stereocenters. The smallest absolute Gasteiger partial charge is 0.263 e.